The summed E-state index contributed by atoms with van der Waals surface area (Å²) in [5.41, 5.74) is 2.04. The van der Waals surface area contributed by atoms with Gasteiger partial charge in [-0.3, -0.25) is 0 Å². The predicted molar refractivity (Wildman–Crippen MR) is 125 cm³/mol. The van der Waals surface area contributed by atoms with Crippen molar-refractivity contribution in [1.29, 1.82) is 10.5 Å². The number of nitrogens with one attached hydrogen (secondary N) is 1. The Morgan fingerprint density at radius 2 is 1.94 bits per heavy atom. The van der Waals surface area contributed by atoms with Gasteiger partial charge in [0.25, 0.3) is 0 Å². The minimum absolute atomic E-state index is 0.0809. The quantitative estimate of drug-likeness (QED) is 0.447. The Balaban J connectivity index is 1.58. The number of nitriles is 2. The summed E-state index contributed by atoms with van der Waals surface area (Å²) in [6, 6.07) is 8.10. The van der Waals surface area contributed by atoms with Gasteiger partial charge in [0.2, 0.25) is 11.8 Å². The van der Waals surface area contributed by atoms with Crippen LogP contribution in [-0.2, 0) is 0 Å². The van der Waals surface area contributed by atoms with Crippen LogP contribution in [0.3, 0.4) is 0 Å². The fourth-order valence-electron chi connectivity index (χ4n) is 4.96. The highest BCUT2D eigenvalue weighted by atomic mass is 79.9. The molecule has 3 aromatic rings. The van der Waals surface area contributed by atoms with Crippen LogP contribution in [0.5, 0.6) is 11.6 Å². The molecule has 11 heteroatoms. The molecule has 6 rings (SSSR count). The van der Waals surface area contributed by atoms with Crippen LogP contribution < -0.4 is 10.1 Å². The molecule has 2 aromatic heterocycles. The van der Waals surface area contributed by atoms with Crippen LogP contribution in [0.2, 0.25) is 0 Å². The van der Waals surface area contributed by atoms with Crippen molar-refractivity contribution in [2.45, 2.75) is 38.6 Å². The van der Waals surface area contributed by atoms with Gasteiger partial charge in [-0.1, -0.05) is 0 Å². The van der Waals surface area contributed by atoms with Crippen LogP contribution in [-0.4, -0.2) is 36.5 Å². The van der Waals surface area contributed by atoms with E-state index in [1.807, 2.05) is 32.0 Å². The van der Waals surface area contributed by atoms with E-state index in [0.717, 1.165) is 21.4 Å². The summed E-state index contributed by atoms with van der Waals surface area (Å²) in [6.45, 7) is 3.75. The highest BCUT2D eigenvalue weighted by molar-refractivity contribution is 9.10. The first-order valence-corrected chi connectivity index (χ1v) is 11.2. The van der Waals surface area contributed by atoms with Crippen molar-refractivity contribution in [3.05, 3.63) is 39.5 Å². The van der Waals surface area contributed by atoms with E-state index in [9.17, 15) is 15.2 Å². The molecule has 2 heterocycles. The number of aromatic nitrogens is 4. The molecule has 0 saturated heterocycles. The molecule has 0 spiro atoms. The Morgan fingerprint density at radius 1 is 1.26 bits per heavy atom. The zero-order valence-corrected chi connectivity index (χ0v) is 19.8. The Kier molecular flexibility index (Phi) is 4.85. The fraction of sp³-hybridized carbons (Fsp3) is 0.304. The molecule has 1 aromatic carbocycles. The van der Waals surface area contributed by atoms with Gasteiger partial charge in [0.05, 0.1) is 17.6 Å². The molecule has 0 unspecified atom stereocenters. The van der Waals surface area contributed by atoms with E-state index >= 15 is 0 Å². The number of anilines is 1. The van der Waals surface area contributed by atoms with E-state index in [1.54, 1.807) is 6.08 Å². The number of allylic oxidation sites excluding steroid dienone is 1. The van der Waals surface area contributed by atoms with Crippen molar-refractivity contribution < 1.29 is 14.6 Å². The molecule has 2 N–H and O–H groups in total. The Morgan fingerprint density at radius 3 is 2.53 bits per heavy atom. The van der Waals surface area contributed by atoms with E-state index in [4.69, 9.17) is 10.00 Å². The maximum absolute atomic E-state index is 11.8. The molecule has 3 aliphatic rings. The average Bonchev–Trinajstić information content (AvgIpc) is 3.07. The van der Waals surface area contributed by atoms with Crippen LogP contribution in [0.15, 0.2) is 22.8 Å². The van der Waals surface area contributed by atoms with E-state index in [1.165, 1.54) is 6.08 Å². The summed E-state index contributed by atoms with van der Waals surface area (Å²) in [4.78, 5) is 20.8. The molecule has 2 bridgehead atoms. The lowest BCUT2D eigenvalue weighted by atomic mass is 9.40. The number of fused-ring (bicyclic) bond motifs is 1. The highest BCUT2D eigenvalue weighted by Gasteiger charge is 2.69. The van der Waals surface area contributed by atoms with E-state index in [-0.39, 0.29) is 33.0 Å². The van der Waals surface area contributed by atoms with Crippen LogP contribution in [0.25, 0.3) is 17.1 Å². The van der Waals surface area contributed by atoms with E-state index in [0.29, 0.717) is 30.4 Å². The predicted octanol–water partition coefficient (Wildman–Crippen LogP) is 4.92. The van der Waals surface area contributed by atoms with Crippen molar-refractivity contribution >= 4 is 45.1 Å². The maximum atomic E-state index is 11.8. The third kappa shape index (κ3) is 3.37. The number of halogens is 1. The lowest BCUT2D eigenvalue weighted by Gasteiger charge is -2.66. The molecule has 0 atom stereocenters. The number of benzene rings is 1. The van der Waals surface area contributed by atoms with E-state index in [2.05, 4.69) is 42.4 Å². The van der Waals surface area contributed by atoms with Gasteiger partial charge in [0, 0.05) is 11.6 Å². The van der Waals surface area contributed by atoms with Crippen molar-refractivity contribution in [2.24, 2.45) is 5.41 Å². The first-order chi connectivity index (χ1) is 16.2. The Hall–Kier alpha value is -3.96. The Labute approximate surface area is 202 Å². The van der Waals surface area contributed by atoms with E-state index < -0.39 is 6.09 Å². The minimum atomic E-state index is -1.29. The summed E-state index contributed by atoms with van der Waals surface area (Å²) in [6.07, 6.45) is 3.92. The highest BCUT2D eigenvalue weighted by Crippen LogP contribution is 2.67. The van der Waals surface area contributed by atoms with Crippen molar-refractivity contribution in [1.82, 2.24) is 19.7 Å². The minimum Gasteiger partial charge on any atom is -0.463 e. The first kappa shape index (κ1) is 21.9. The standard InChI is InChI=1S/C23H18BrN7O3/c1-12-6-14(4-3-5-25)7-13(2)16(12)34-19-15-17(24)30-31(21(32)33)18(15)27-20(28-19)29-23-8-22(9-23,10-23)11-26/h3-4,6-7H,8-10H2,1-2H3,(H,32,33)(H,27,28,29)/b4-3+. The third-order valence-electron chi connectivity index (χ3n) is 6.31. The van der Waals surface area contributed by atoms with Crippen LogP contribution in [0, 0.1) is 41.9 Å². The van der Waals surface area contributed by atoms with Gasteiger partial charge in [-0.05, 0) is 83.9 Å². The molecule has 10 nitrogen and oxygen atoms in total. The van der Waals surface area contributed by atoms with Crippen LogP contribution in [0.1, 0.15) is 36.0 Å². The zero-order chi connectivity index (χ0) is 24.3. The van der Waals surface area contributed by atoms with Gasteiger partial charge in [0.15, 0.2) is 5.65 Å². The molecule has 0 radical (unpaired) electrons. The van der Waals surface area contributed by atoms with Gasteiger partial charge in [-0.15, -0.1) is 4.68 Å². The summed E-state index contributed by atoms with van der Waals surface area (Å²) in [5, 5.41) is 35.4. The SMILES string of the molecule is Cc1cc(/C=C/C#N)cc(C)c1Oc1nc(NC23CC(C#N)(C2)C3)nc2c1c(Br)nn2C(=O)O. The molecule has 0 amide bonds. The van der Waals surface area contributed by atoms with Gasteiger partial charge in [-0.25, -0.2) is 4.79 Å². The molecule has 170 valence electrons. The molecular formula is C23H18BrN7O3. The molecular weight excluding hydrogens is 502 g/mol. The fourth-order valence-corrected chi connectivity index (χ4v) is 5.46. The molecule has 3 saturated carbocycles. The van der Waals surface area contributed by atoms with Gasteiger partial charge < -0.3 is 15.2 Å². The number of carbonyl (C=O) groups is 1. The normalized spacial score (nSPS) is 22.5. The summed E-state index contributed by atoms with van der Waals surface area (Å²) in [5.74, 6) is 0.927. The lowest BCUT2D eigenvalue weighted by Crippen LogP contribution is -2.70. The Bertz CT molecular complexity index is 1450. The third-order valence-corrected chi connectivity index (χ3v) is 6.86. The summed E-state index contributed by atoms with van der Waals surface area (Å²) >= 11 is 3.31. The number of ether oxygens (including phenoxy) is 1. The number of hydrogen-bond donors (Lipinski definition) is 2. The number of rotatable bonds is 5. The number of aryl methyl sites for hydroxylation is 2. The smallest absolute Gasteiger partial charge is 0.434 e. The summed E-state index contributed by atoms with van der Waals surface area (Å²) in [7, 11) is 0. The topological polar surface area (TPSA) is 150 Å². The maximum Gasteiger partial charge on any atom is 0.434 e. The molecule has 3 fully saturated rings. The second-order valence-electron chi connectivity index (χ2n) is 8.91. The molecule has 0 aliphatic heterocycles. The van der Waals surface area contributed by atoms with Crippen molar-refractivity contribution in [3.8, 4) is 23.8 Å². The molecule has 3 aliphatic carbocycles. The summed E-state index contributed by atoms with van der Waals surface area (Å²) < 4.78 is 7.25. The van der Waals surface area contributed by atoms with Gasteiger partial charge in [0.1, 0.15) is 15.7 Å². The van der Waals surface area contributed by atoms with Gasteiger partial charge >= 0.3 is 6.09 Å². The van der Waals surface area contributed by atoms with Crippen LogP contribution >= 0.6 is 15.9 Å². The van der Waals surface area contributed by atoms with Crippen LogP contribution in [0.4, 0.5) is 10.7 Å². The zero-order valence-electron chi connectivity index (χ0n) is 18.3. The first-order valence-electron chi connectivity index (χ1n) is 10.4. The second-order valence-corrected chi connectivity index (χ2v) is 9.66. The van der Waals surface area contributed by atoms with Crippen molar-refractivity contribution in [3.63, 3.8) is 0 Å². The largest absolute Gasteiger partial charge is 0.463 e. The molecule has 34 heavy (non-hydrogen) atoms. The monoisotopic (exact) mass is 519 g/mol. The van der Waals surface area contributed by atoms with Crippen molar-refractivity contribution in [2.75, 3.05) is 5.32 Å². The lowest BCUT2D eigenvalue weighted by molar-refractivity contribution is -0.0665. The van der Waals surface area contributed by atoms with Gasteiger partial charge in [-0.2, -0.15) is 25.6 Å². The average molecular weight is 520 g/mol. The number of carboxylic acid groups (broad SMARTS) is 1. The number of hydrogen-bond acceptors (Lipinski definition) is 8. The number of nitrogens with zero attached hydrogens (tertiary/aromatic N) is 6. The second kappa shape index (κ2) is 7.54.